The van der Waals surface area contributed by atoms with Crippen LogP contribution >= 0.6 is 0 Å². The summed E-state index contributed by atoms with van der Waals surface area (Å²) in [5, 5.41) is 15.8. The van der Waals surface area contributed by atoms with E-state index in [9.17, 15) is 14.4 Å². The van der Waals surface area contributed by atoms with E-state index in [0.29, 0.717) is 18.8 Å². The SMILES string of the molecule is NC(=O)c1ccccc1N1CCOCC1.O=C(O)CCC(=O)O. The van der Waals surface area contributed by atoms with E-state index in [2.05, 4.69) is 4.90 Å². The quantitative estimate of drug-likeness (QED) is 0.721. The van der Waals surface area contributed by atoms with Crippen molar-refractivity contribution in [3.8, 4) is 0 Å². The third-order valence-electron chi connectivity index (χ3n) is 3.07. The van der Waals surface area contributed by atoms with Crippen molar-refractivity contribution in [3.63, 3.8) is 0 Å². The van der Waals surface area contributed by atoms with Crippen molar-refractivity contribution in [2.75, 3.05) is 31.2 Å². The molecular formula is C15H20N2O6. The number of morpholine rings is 1. The summed E-state index contributed by atoms with van der Waals surface area (Å²) in [6.45, 7) is 3.02. The standard InChI is InChI=1S/C11H14N2O2.C4H6O4/c12-11(14)9-3-1-2-4-10(9)13-5-7-15-8-6-13;5-3(6)1-2-4(7)8/h1-4H,5-8H2,(H2,12,14);1-2H2,(H,5,6)(H,7,8). The molecule has 1 heterocycles. The normalized spacial score (nSPS) is 13.7. The third-order valence-corrected chi connectivity index (χ3v) is 3.07. The van der Waals surface area contributed by atoms with Crippen molar-refractivity contribution in [1.82, 2.24) is 0 Å². The summed E-state index contributed by atoms with van der Waals surface area (Å²) in [5.41, 5.74) is 6.82. The number of aliphatic carboxylic acids is 2. The first kappa shape index (κ1) is 18.4. The van der Waals surface area contributed by atoms with E-state index in [1.807, 2.05) is 18.2 Å². The Morgan fingerprint density at radius 2 is 1.57 bits per heavy atom. The highest BCUT2D eigenvalue weighted by Gasteiger charge is 2.16. The van der Waals surface area contributed by atoms with Crippen molar-refractivity contribution >= 4 is 23.5 Å². The first-order chi connectivity index (χ1) is 10.9. The second-order valence-corrected chi connectivity index (χ2v) is 4.77. The Labute approximate surface area is 133 Å². The van der Waals surface area contributed by atoms with Gasteiger partial charge in [0.05, 0.1) is 31.6 Å². The summed E-state index contributed by atoms with van der Waals surface area (Å²) in [5.74, 6) is -2.53. The molecule has 2 rings (SSSR count). The van der Waals surface area contributed by atoms with Gasteiger partial charge >= 0.3 is 11.9 Å². The fourth-order valence-electron chi connectivity index (χ4n) is 1.98. The first-order valence-electron chi connectivity index (χ1n) is 7.07. The number of carbonyl (C=O) groups excluding carboxylic acids is 1. The Kier molecular flexibility index (Phi) is 7.55. The second kappa shape index (κ2) is 9.42. The smallest absolute Gasteiger partial charge is 0.303 e. The van der Waals surface area contributed by atoms with Gasteiger partial charge in [-0.25, -0.2) is 0 Å². The van der Waals surface area contributed by atoms with E-state index in [1.165, 1.54) is 0 Å². The fourth-order valence-corrected chi connectivity index (χ4v) is 1.98. The topological polar surface area (TPSA) is 130 Å². The number of nitrogens with zero attached hydrogens (tertiary/aromatic N) is 1. The van der Waals surface area contributed by atoms with E-state index in [0.717, 1.165) is 18.8 Å². The lowest BCUT2D eigenvalue weighted by Gasteiger charge is -2.29. The first-order valence-corrected chi connectivity index (χ1v) is 7.07. The summed E-state index contributed by atoms with van der Waals surface area (Å²) in [6, 6.07) is 7.42. The summed E-state index contributed by atoms with van der Waals surface area (Å²) in [4.78, 5) is 32.6. The van der Waals surface area contributed by atoms with Crippen LogP contribution in [0.3, 0.4) is 0 Å². The number of anilines is 1. The lowest BCUT2D eigenvalue weighted by Crippen LogP contribution is -2.37. The van der Waals surface area contributed by atoms with Crippen LogP contribution in [0, 0.1) is 0 Å². The zero-order valence-electron chi connectivity index (χ0n) is 12.6. The number of carboxylic acids is 2. The molecule has 1 fully saturated rings. The van der Waals surface area contributed by atoms with Crippen LogP contribution < -0.4 is 10.6 Å². The number of hydrogen-bond donors (Lipinski definition) is 3. The summed E-state index contributed by atoms with van der Waals surface area (Å²) < 4.78 is 5.26. The molecule has 1 aromatic rings. The van der Waals surface area contributed by atoms with Crippen LogP contribution in [0.25, 0.3) is 0 Å². The molecule has 0 bridgehead atoms. The molecule has 1 aliphatic heterocycles. The highest BCUT2D eigenvalue weighted by molar-refractivity contribution is 5.98. The Morgan fingerprint density at radius 1 is 1.04 bits per heavy atom. The number of para-hydroxylation sites is 1. The van der Waals surface area contributed by atoms with Crippen LogP contribution in [0.15, 0.2) is 24.3 Å². The number of benzene rings is 1. The van der Waals surface area contributed by atoms with Gasteiger partial charge in [-0.15, -0.1) is 0 Å². The molecule has 8 nitrogen and oxygen atoms in total. The average Bonchev–Trinajstić information content (AvgIpc) is 2.54. The molecule has 0 unspecified atom stereocenters. The van der Waals surface area contributed by atoms with Gasteiger partial charge in [0, 0.05) is 18.8 Å². The van der Waals surface area contributed by atoms with E-state index in [1.54, 1.807) is 6.07 Å². The molecule has 23 heavy (non-hydrogen) atoms. The molecule has 4 N–H and O–H groups in total. The average molecular weight is 324 g/mol. The van der Waals surface area contributed by atoms with Crippen molar-refractivity contribution in [2.24, 2.45) is 5.73 Å². The molecule has 0 spiro atoms. The van der Waals surface area contributed by atoms with Crippen LogP contribution in [0.1, 0.15) is 23.2 Å². The Hall–Kier alpha value is -2.61. The Bertz CT molecular complexity index is 541. The van der Waals surface area contributed by atoms with Gasteiger partial charge in [-0.1, -0.05) is 12.1 Å². The molecule has 8 heteroatoms. The van der Waals surface area contributed by atoms with Crippen LogP contribution in [-0.2, 0) is 14.3 Å². The van der Waals surface area contributed by atoms with Gasteiger partial charge in [0.2, 0.25) is 0 Å². The number of primary amides is 1. The number of carboxylic acid groups (broad SMARTS) is 2. The van der Waals surface area contributed by atoms with E-state index < -0.39 is 11.9 Å². The lowest BCUT2D eigenvalue weighted by atomic mass is 10.1. The van der Waals surface area contributed by atoms with Gasteiger partial charge in [-0.2, -0.15) is 0 Å². The van der Waals surface area contributed by atoms with Crippen LogP contribution in [0.5, 0.6) is 0 Å². The number of ether oxygens (including phenoxy) is 1. The Morgan fingerprint density at radius 3 is 2.04 bits per heavy atom. The minimum Gasteiger partial charge on any atom is -0.481 e. The largest absolute Gasteiger partial charge is 0.481 e. The van der Waals surface area contributed by atoms with Crippen molar-refractivity contribution in [1.29, 1.82) is 0 Å². The van der Waals surface area contributed by atoms with Gasteiger partial charge in [0.15, 0.2) is 0 Å². The van der Waals surface area contributed by atoms with Gasteiger partial charge in [-0.05, 0) is 12.1 Å². The molecule has 1 saturated heterocycles. The van der Waals surface area contributed by atoms with Gasteiger partial charge in [-0.3, -0.25) is 14.4 Å². The summed E-state index contributed by atoms with van der Waals surface area (Å²) >= 11 is 0. The molecule has 126 valence electrons. The van der Waals surface area contributed by atoms with Gasteiger partial charge < -0.3 is 25.6 Å². The van der Waals surface area contributed by atoms with E-state index in [4.69, 9.17) is 20.7 Å². The molecule has 0 aromatic heterocycles. The molecule has 0 atom stereocenters. The zero-order valence-corrected chi connectivity index (χ0v) is 12.6. The number of amides is 1. The third kappa shape index (κ3) is 6.79. The number of nitrogens with two attached hydrogens (primary N) is 1. The molecule has 0 aliphatic carbocycles. The van der Waals surface area contributed by atoms with Crippen LogP contribution in [0.4, 0.5) is 5.69 Å². The maximum Gasteiger partial charge on any atom is 0.303 e. The van der Waals surface area contributed by atoms with Crippen LogP contribution in [0.2, 0.25) is 0 Å². The summed E-state index contributed by atoms with van der Waals surface area (Å²) in [6.07, 6.45) is -0.593. The van der Waals surface area contributed by atoms with E-state index in [-0.39, 0.29) is 18.7 Å². The highest BCUT2D eigenvalue weighted by Crippen LogP contribution is 2.20. The molecule has 1 aliphatic rings. The predicted molar refractivity (Wildman–Crippen MR) is 82.5 cm³/mol. The molecule has 0 radical (unpaired) electrons. The number of hydrogen-bond acceptors (Lipinski definition) is 5. The Balaban J connectivity index is 0.000000284. The molecule has 1 aromatic carbocycles. The maximum atomic E-state index is 11.2. The maximum absolute atomic E-state index is 11.2. The lowest BCUT2D eigenvalue weighted by molar-refractivity contribution is -0.143. The predicted octanol–water partition coefficient (Wildman–Crippen LogP) is 0.558. The molecular weight excluding hydrogens is 304 g/mol. The van der Waals surface area contributed by atoms with E-state index >= 15 is 0 Å². The molecule has 1 amide bonds. The monoisotopic (exact) mass is 324 g/mol. The second-order valence-electron chi connectivity index (χ2n) is 4.77. The molecule has 0 saturated carbocycles. The van der Waals surface area contributed by atoms with Crippen molar-refractivity contribution in [2.45, 2.75) is 12.8 Å². The van der Waals surface area contributed by atoms with Gasteiger partial charge in [0.1, 0.15) is 0 Å². The minimum atomic E-state index is -1.08. The minimum absolute atomic E-state index is 0.296. The van der Waals surface area contributed by atoms with Crippen molar-refractivity contribution < 1.29 is 29.3 Å². The zero-order chi connectivity index (χ0) is 17.2. The highest BCUT2D eigenvalue weighted by atomic mass is 16.5. The van der Waals surface area contributed by atoms with Crippen molar-refractivity contribution in [3.05, 3.63) is 29.8 Å². The fraction of sp³-hybridized carbons (Fsp3) is 0.400. The van der Waals surface area contributed by atoms with Gasteiger partial charge in [0.25, 0.3) is 5.91 Å². The van der Waals surface area contributed by atoms with Crippen LogP contribution in [-0.4, -0.2) is 54.4 Å². The summed E-state index contributed by atoms with van der Waals surface area (Å²) in [7, 11) is 0. The number of carbonyl (C=O) groups is 3. The number of rotatable bonds is 5.